The third-order valence-electron chi connectivity index (χ3n) is 3.65. The molecule has 4 amide bonds. The van der Waals surface area contributed by atoms with Gasteiger partial charge in [0.1, 0.15) is 24.2 Å². The van der Waals surface area contributed by atoms with E-state index < -0.39 is 85.6 Å². The largest absolute Gasteiger partial charge is 0.481 e. The first kappa shape index (κ1) is 27.1. The van der Waals surface area contributed by atoms with Gasteiger partial charge in [-0.15, -0.1) is 0 Å². The van der Waals surface area contributed by atoms with Crippen LogP contribution in [0.15, 0.2) is 0 Å². The minimum atomic E-state index is -1.53. The highest BCUT2D eigenvalue weighted by molar-refractivity contribution is 7.80. The lowest BCUT2D eigenvalue weighted by molar-refractivity contribution is -0.143. The van der Waals surface area contributed by atoms with Crippen LogP contribution in [0.2, 0.25) is 0 Å². The van der Waals surface area contributed by atoms with Crippen LogP contribution < -0.4 is 27.4 Å². The number of primary amides is 1. The summed E-state index contributed by atoms with van der Waals surface area (Å²) in [6.07, 6.45) is -1.57. The monoisotopic (exact) mass is 451 g/mol. The van der Waals surface area contributed by atoms with Crippen LogP contribution >= 0.6 is 12.6 Å². The number of carboxylic acids is 2. The van der Waals surface area contributed by atoms with E-state index in [1.54, 1.807) is 0 Å². The van der Waals surface area contributed by atoms with E-state index in [0.29, 0.717) is 0 Å². The Morgan fingerprint density at radius 3 is 1.80 bits per heavy atom. The maximum Gasteiger partial charge on any atom is 0.326 e. The standard InChI is InChI=1S/C15H25N5O9S/c16-6(4-21)12(25)19-8(3-10(17)22)13(26)20-9(5-30)14(27)18-7(15(28)29)1-2-11(23)24/h6-9,21,30H,1-5,16H2,(H2,17,22)(H,18,27)(H,19,25)(H,20,26)(H,23,24)(H,28,29). The Morgan fingerprint density at radius 1 is 0.867 bits per heavy atom. The molecule has 0 radical (unpaired) electrons. The molecule has 10 N–H and O–H groups in total. The molecule has 0 heterocycles. The maximum absolute atomic E-state index is 12.4. The average Bonchev–Trinajstić information content (AvgIpc) is 2.66. The van der Waals surface area contributed by atoms with Gasteiger partial charge < -0.3 is 42.7 Å². The van der Waals surface area contributed by atoms with Crippen LogP contribution in [0, 0.1) is 0 Å². The lowest BCUT2D eigenvalue weighted by Crippen LogP contribution is -2.58. The number of amides is 4. The molecule has 0 aromatic rings. The Morgan fingerprint density at radius 2 is 1.37 bits per heavy atom. The number of thiol groups is 1. The van der Waals surface area contributed by atoms with Crippen LogP contribution in [0.1, 0.15) is 19.3 Å². The van der Waals surface area contributed by atoms with Gasteiger partial charge in [0.25, 0.3) is 0 Å². The Labute approximate surface area is 176 Å². The van der Waals surface area contributed by atoms with Crippen molar-refractivity contribution < 1.29 is 44.1 Å². The number of aliphatic hydroxyl groups is 1. The quantitative estimate of drug-likeness (QED) is 0.114. The summed E-state index contributed by atoms with van der Waals surface area (Å²) in [4.78, 5) is 69.4. The molecule has 0 aromatic heterocycles. The summed E-state index contributed by atoms with van der Waals surface area (Å²) in [7, 11) is 0. The summed E-state index contributed by atoms with van der Waals surface area (Å²) < 4.78 is 0. The highest BCUT2D eigenvalue weighted by Gasteiger charge is 2.30. The molecule has 0 saturated carbocycles. The molecule has 4 unspecified atom stereocenters. The normalized spacial score (nSPS) is 14.5. The van der Waals surface area contributed by atoms with Gasteiger partial charge in [0.2, 0.25) is 23.6 Å². The number of nitrogens with two attached hydrogens (primary N) is 2. The fraction of sp³-hybridized carbons (Fsp3) is 0.600. The molecule has 0 saturated heterocycles. The van der Waals surface area contributed by atoms with E-state index in [0.717, 1.165) is 0 Å². The molecular weight excluding hydrogens is 426 g/mol. The molecule has 0 aliphatic rings. The molecule has 14 nitrogen and oxygen atoms in total. The summed E-state index contributed by atoms with van der Waals surface area (Å²) in [6.45, 7) is -0.731. The first-order valence-corrected chi connectivity index (χ1v) is 9.17. The third kappa shape index (κ3) is 10.0. The van der Waals surface area contributed by atoms with Crippen LogP contribution in [0.25, 0.3) is 0 Å². The summed E-state index contributed by atoms with van der Waals surface area (Å²) in [5, 5.41) is 33.0. The van der Waals surface area contributed by atoms with Crippen LogP contribution in [0.3, 0.4) is 0 Å². The van der Waals surface area contributed by atoms with E-state index in [1.807, 2.05) is 0 Å². The highest BCUT2D eigenvalue weighted by atomic mass is 32.1. The lowest BCUT2D eigenvalue weighted by atomic mass is 10.1. The van der Waals surface area contributed by atoms with Gasteiger partial charge in [-0.05, 0) is 6.42 Å². The van der Waals surface area contributed by atoms with Gasteiger partial charge in [-0.1, -0.05) is 0 Å². The molecule has 170 valence electrons. The summed E-state index contributed by atoms with van der Waals surface area (Å²) in [5.74, 6) is -6.95. The zero-order chi connectivity index (χ0) is 23.4. The fourth-order valence-corrected chi connectivity index (χ4v) is 2.29. The van der Waals surface area contributed by atoms with Gasteiger partial charge in [0, 0.05) is 12.2 Å². The van der Waals surface area contributed by atoms with Gasteiger partial charge in [0.05, 0.1) is 13.0 Å². The zero-order valence-corrected chi connectivity index (χ0v) is 16.6. The predicted molar refractivity (Wildman–Crippen MR) is 103 cm³/mol. The van der Waals surface area contributed by atoms with Crippen molar-refractivity contribution in [3.05, 3.63) is 0 Å². The molecule has 0 rings (SSSR count). The first-order chi connectivity index (χ1) is 13.9. The molecule has 0 spiro atoms. The number of carbonyl (C=O) groups is 6. The number of carbonyl (C=O) groups excluding carboxylic acids is 4. The molecule has 0 aromatic carbocycles. The second-order valence-corrected chi connectivity index (χ2v) is 6.46. The van der Waals surface area contributed by atoms with E-state index >= 15 is 0 Å². The minimum Gasteiger partial charge on any atom is -0.481 e. The molecule has 0 aliphatic carbocycles. The van der Waals surface area contributed by atoms with Crippen LogP contribution in [0.5, 0.6) is 0 Å². The van der Waals surface area contributed by atoms with Crippen molar-refractivity contribution >= 4 is 48.2 Å². The van der Waals surface area contributed by atoms with Gasteiger partial charge in [-0.2, -0.15) is 12.6 Å². The van der Waals surface area contributed by atoms with E-state index in [4.69, 9.17) is 26.8 Å². The summed E-state index contributed by atoms with van der Waals surface area (Å²) in [5.41, 5.74) is 10.4. The maximum atomic E-state index is 12.4. The Bertz CT molecular complexity index is 675. The summed E-state index contributed by atoms with van der Waals surface area (Å²) in [6, 6.07) is -5.81. The lowest BCUT2D eigenvalue weighted by Gasteiger charge is -2.23. The zero-order valence-electron chi connectivity index (χ0n) is 15.7. The van der Waals surface area contributed by atoms with Crippen molar-refractivity contribution in [3.8, 4) is 0 Å². The van der Waals surface area contributed by atoms with E-state index in [1.165, 1.54) is 0 Å². The van der Waals surface area contributed by atoms with Gasteiger partial charge >= 0.3 is 11.9 Å². The van der Waals surface area contributed by atoms with Gasteiger partial charge in [0.15, 0.2) is 0 Å². The number of carboxylic acid groups (broad SMARTS) is 2. The minimum absolute atomic E-state index is 0.295. The van der Waals surface area contributed by atoms with Crippen molar-refractivity contribution in [1.82, 2.24) is 16.0 Å². The Hall–Kier alpha value is -2.91. The molecule has 0 bridgehead atoms. The fourth-order valence-electron chi connectivity index (χ4n) is 2.04. The number of aliphatic carboxylic acids is 2. The summed E-state index contributed by atoms with van der Waals surface area (Å²) >= 11 is 3.90. The second-order valence-electron chi connectivity index (χ2n) is 6.10. The number of hydrogen-bond donors (Lipinski definition) is 9. The molecule has 4 atom stereocenters. The first-order valence-electron chi connectivity index (χ1n) is 8.54. The van der Waals surface area contributed by atoms with Crippen molar-refractivity contribution in [1.29, 1.82) is 0 Å². The number of nitrogens with one attached hydrogen (secondary N) is 3. The van der Waals surface area contributed by atoms with Crippen molar-refractivity contribution in [2.45, 2.75) is 43.4 Å². The van der Waals surface area contributed by atoms with Crippen molar-refractivity contribution in [2.24, 2.45) is 11.5 Å². The predicted octanol–water partition coefficient (Wildman–Crippen LogP) is -4.48. The molecule has 0 aliphatic heterocycles. The molecule has 15 heteroatoms. The van der Waals surface area contributed by atoms with Crippen LogP contribution in [-0.2, 0) is 28.8 Å². The third-order valence-corrected chi connectivity index (χ3v) is 4.01. The van der Waals surface area contributed by atoms with Crippen molar-refractivity contribution in [3.63, 3.8) is 0 Å². The van der Waals surface area contributed by atoms with E-state index in [9.17, 15) is 28.8 Å². The van der Waals surface area contributed by atoms with Crippen LogP contribution in [-0.4, -0.2) is 87.4 Å². The highest BCUT2D eigenvalue weighted by Crippen LogP contribution is 2.01. The Kier molecular flexibility index (Phi) is 12.0. The van der Waals surface area contributed by atoms with Gasteiger partial charge in [-0.3, -0.25) is 24.0 Å². The smallest absolute Gasteiger partial charge is 0.326 e. The van der Waals surface area contributed by atoms with Crippen LogP contribution in [0.4, 0.5) is 0 Å². The topological polar surface area (TPSA) is 251 Å². The number of rotatable bonds is 14. The number of aliphatic hydroxyl groups excluding tert-OH is 1. The second kappa shape index (κ2) is 13.3. The molecule has 30 heavy (non-hydrogen) atoms. The number of hydrogen-bond acceptors (Lipinski definition) is 9. The molecular formula is C15H25N5O9S. The Balaban J connectivity index is 5.20. The van der Waals surface area contributed by atoms with Crippen molar-refractivity contribution in [2.75, 3.05) is 12.4 Å². The van der Waals surface area contributed by atoms with E-state index in [-0.39, 0.29) is 5.75 Å². The average molecular weight is 451 g/mol. The van der Waals surface area contributed by atoms with E-state index in [2.05, 4.69) is 28.6 Å². The molecule has 0 fully saturated rings. The SMILES string of the molecule is NC(=O)CC(NC(=O)C(N)CO)C(=O)NC(CS)C(=O)NC(CCC(=O)O)C(=O)O. The van der Waals surface area contributed by atoms with Gasteiger partial charge in [-0.25, -0.2) is 4.79 Å².